The minimum absolute atomic E-state index is 0.0466. The average Bonchev–Trinajstić information content (AvgIpc) is 2.47. The molecule has 1 aromatic rings. The Hall–Kier alpha value is -1.95. The van der Waals surface area contributed by atoms with Gasteiger partial charge in [0.2, 0.25) is 0 Å². The van der Waals surface area contributed by atoms with Crippen LogP contribution < -0.4 is 20.7 Å². The lowest BCUT2D eigenvalue weighted by Gasteiger charge is -2.34. The second kappa shape index (κ2) is 5.20. The fourth-order valence-electron chi connectivity index (χ4n) is 2.74. The molecule has 1 saturated heterocycles. The van der Waals surface area contributed by atoms with Crippen molar-refractivity contribution >= 4 is 23.0 Å². The van der Waals surface area contributed by atoms with Gasteiger partial charge in [-0.05, 0) is 18.9 Å². The highest BCUT2D eigenvalue weighted by molar-refractivity contribution is 5.97. The number of anilines is 3. The van der Waals surface area contributed by atoms with Crippen LogP contribution >= 0.6 is 0 Å². The number of nitrogens with two attached hydrogens (primary N) is 1. The SMILES string of the molecule is COC1CCN(c2cc3c(cc2N)OCC(=O)N3)CC1. The molecule has 1 aromatic carbocycles. The zero-order chi connectivity index (χ0) is 14.1. The normalized spacial score (nSPS) is 19.2. The third kappa shape index (κ3) is 2.38. The van der Waals surface area contributed by atoms with E-state index in [1.165, 1.54) is 0 Å². The standard InChI is InChI=1S/C14H19N3O3/c1-19-9-2-4-17(5-3-9)12-7-11-13(6-10(12)15)20-8-14(18)16-11/h6-7,9H,2-5,8,15H2,1H3,(H,16,18). The van der Waals surface area contributed by atoms with Gasteiger partial charge < -0.3 is 25.4 Å². The van der Waals surface area contributed by atoms with E-state index in [1.54, 1.807) is 13.2 Å². The van der Waals surface area contributed by atoms with Crippen molar-refractivity contribution in [2.24, 2.45) is 0 Å². The van der Waals surface area contributed by atoms with Crippen LogP contribution in [0.25, 0.3) is 0 Å². The summed E-state index contributed by atoms with van der Waals surface area (Å²) in [4.78, 5) is 13.6. The minimum Gasteiger partial charge on any atom is -0.482 e. The smallest absolute Gasteiger partial charge is 0.262 e. The number of methoxy groups -OCH3 is 1. The molecule has 1 fully saturated rings. The third-order valence-corrected chi connectivity index (χ3v) is 3.88. The molecule has 0 spiro atoms. The lowest BCUT2D eigenvalue weighted by molar-refractivity contribution is -0.118. The van der Waals surface area contributed by atoms with Gasteiger partial charge in [-0.25, -0.2) is 0 Å². The van der Waals surface area contributed by atoms with E-state index in [4.69, 9.17) is 15.2 Å². The topological polar surface area (TPSA) is 76.8 Å². The number of carbonyl (C=O) groups is 1. The first-order valence-corrected chi connectivity index (χ1v) is 6.81. The van der Waals surface area contributed by atoms with Crippen LogP contribution in [-0.2, 0) is 9.53 Å². The Balaban J connectivity index is 1.83. The van der Waals surface area contributed by atoms with Gasteiger partial charge in [0, 0.05) is 26.3 Å². The van der Waals surface area contributed by atoms with E-state index in [1.807, 2.05) is 6.07 Å². The molecule has 2 aliphatic heterocycles. The van der Waals surface area contributed by atoms with Crippen molar-refractivity contribution in [2.75, 3.05) is 42.8 Å². The number of nitrogen functional groups attached to an aromatic ring is 1. The third-order valence-electron chi connectivity index (χ3n) is 3.88. The molecule has 2 aliphatic rings. The quantitative estimate of drug-likeness (QED) is 0.795. The summed E-state index contributed by atoms with van der Waals surface area (Å²) in [6.45, 7) is 1.84. The molecule has 0 radical (unpaired) electrons. The highest BCUT2D eigenvalue weighted by atomic mass is 16.5. The number of benzene rings is 1. The summed E-state index contributed by atoms with van der Waals surface area (Å²) in [5, 5.41) is 2.82. The molecule has 3 rings (SSSR count). The molecule has 20 heavy (non-hydrogen) atoms. The van der Waals surface area contributed by atoms with Crippen LogP contribution in [0.4, 0.5) is 17.1 Å². The zero-order valence-electron chi connectivity index (χ0n) is 11.5. The fraction of sp³-hybridized carbons (Fsp3) is 0.500. The van der Waals surface area contributed by atoms with Crippen LogP contribution in [0.3, 0.4) is 0 Å². The first kappa shape index (κ1) is 13.1. The molecule has 0 atom stereocenters. The maximum atomic E-state index is 11.4. The molecule has 2 heterocycles. The predicted molar refractivity (Wildman–Crippen MR) is 77.2 cm³/mol. The lowest BCUT2D eigenvalue weighted by Crippen LogP contribution is -2.37. The maximum absolute atomic E-state index is 11.4. The average molecular weight is 277 g/mol. The lowest BCUT2D eigenvalue weighted by atomic mass is 10.1. The summed E-state index contributed by atoms with van der Waals surface area (Å²) in [6, 6.07) is 3.68. The Morgan fingerprint density at radius 1 is 1.40 bits per heavy atom. The van der Waals surface area contributed by atoms with Gasteiger partial charge in [-0.3, -0.25) is 4.79 Å². The predicted octanol–water partition coefficient (Wildman–Crippen LogP) is 1.21. The van der Waals surface area contributed by atoms with Crippen molar-refractivity contribution in [3.05, 3.63) is 12.1 Å². The van der Waals surface area contributed by atoms with Crippen LogP contribution in [0.5, 0.6) is 5.75 Å². The van der Waals surface area contributed by atoms with Crippen LogP contribution in [0, 0.1) is 0 Å². The number of fused-ring (bicyclic) bond motifs is 1. The monoisotopic (exact) mass is 277 g/mol. The van der Waals surface area contributed by atoms with E-state index in [2.05, 4.69) is 10.2 Å². The van der Waals surface area contributed by atoms with Crippen molar-refractivity contribution in [1.82, 2.24) is 0 Å². The second-order valence-electron chi connectivity index (χ2n) is 5.17. The number of nitrogens with one attached hydrogen (secondary N) is 1. The molecular weight excluding hydrogens is 258 g/mol. The van der Waals surface area contributed by atoms with Gasteiger partial charge in [0.1, 0.15) is 5.75 Å². The Kier molecular flexibility index (Phi) is 3.40. The molecule has 3 N–H and O–H groups in total. The number of ether oxygens (including phenoxy) is 2. The van der Waals surface area contributed by atoms with Crippen molar-refractivity contribution in [3.63, 3.8) is 0 Å². The van der Waals surface area contributed by atoms with Gasteiger partial charge in [-0.15, -0.1) is 0 Å². The van der Waals surface area contributed by atoms with Gasteiger partial charge in [-0.1, -0.05) is 0 Å². The Labute approximate surface area is 117 Å². The van der Waals surface area contributed by atoms with E-state index in [0.29, 0.717) is 23.2 Å². The Morgan fingerprint density at radius 2 is 2.15 bits per heavy atom. The van der Waals surface area contributed by atoms with Gasteiger partial charge in [0.05, 0.1) is 23.2 Å². The summed E-state index contributed by atoms with van der Waals surface area (Å²) >= 11 is 0. The molecule has 0 bridgehead atoms. The van der Waals surface area contributed by atoms with Crippen molar-refractivity contribution in [2.45, 2.75) is 18.9 Å². The fourth-order valence-corrected chi connectivity index (χ4v) is 2.74. The largest absolute Gasteiger partial charge is 0.482 e. The number of nitrogens with zero attached hydrogens (tertiary/aromatic N) is 1. The second-order valence-corrected chi connectivity index (χ2v) is 5.17. The number of hydrogen-bond donors (Lipinski definition) is 2. The van der Waals surface area contributed by atoms with Crippen LogP contribution in [0.1, 0.15) is 12.8 Å². The van der Waals surface area contributed by atoms with Crippen LogP contribution in [-0.4, -0.2) is 38.8 Å². The summed E-state index contributed by atoms with van der Waals surface area (Å²) in [5.41, 5.74) is 8.43. The van der Waals surface area contributed by atoms with Gasteiger partial charge in [-0.2, -0.15) is 0 Å². The van der Waals surface area contributed by atoms with Crippen LogP contribution in [0.15, 0.2) is 12.1 Å². The first-order chi connectivity index (χ1) is 9.67. The molecule has 0 aliphatic carbocycles. The van der Waals surface area contributed by atoms with E-state index in [9.17, 15) is 4.79 Å². The highest BCUT2D eigenvalue weighted by Crippen LogP contribution is 2.37. The molecule has 6 nitrogen and oxygen atoms in total. The summed E-state index contributed by atoms with van der Waals surface area (Å²) in [6.07, 6.45) is 2.29. The molecule has 0 unspecified atom stereocenters. The van der Waals surface area contributed by atoms with Gasteiger partial charge in [0.25, 0.3) is 5.91 Å². The highest BCUT2D eigenvalue weighted by Gasteiger charge is 2.23. The Bertz CT molecular complexity index is 525. The maximum Gasteiger partial charge on any atom is 0.262 e. The van der Waals surface area contributed by atoms with E-state index in [0.717, 1.165) is 31.6 Å². The van der Waals surface area contributed by atoms with Crippen LogP contribution in [0.2, 0.25) is 0 Å². The summed E-state index contributed by atoms with van der Waals surface area (Å²) in [5.74, 6) is 0.504. The number of hydrogen-bond acceptors (Lipinski definition) is 5. The van der Waals surface area contributed by atoms with Crippen molar-refractivity contribution < 1.29 is 14.3 Å². The summed E-state index contributed by atoms with van der Waals surface area (Å²) in [7, 11) is 1.75. The van der Waals surface area contributed by atoms with Crippen molar-refractivity contribution in [1.29, 1.82) is 0 Å². The zero-order valence-corrected chi connectivity index (χ0v) is 11.5. The summed E-state index contributed by atoms with van der Waals surface area (Å²) < 4.78 is 10.7. The molecule has 6 heteroatoms. The van der Waals surface area contributed by atoms with E-state index >= 15 is 0 Å². The van der Waals surface area contributed by atoms with Gasteiger partial charge in [0.15, 0.2) is 6.61 Å². The number of rotatable bonds is 2. The number of amides is 1. The molecule has 0 aromatic heterocycles. The van der Waals surface area contributed by atoms with E-state index in [-0.39, 0.29) is 12.5 Å². The minimum atomic E-state index is -0.133. The first-order valence-electron chi connectivity index (χ1n) is 6.81. The number of carbonyl (C=O) groups excluding carboxylic acids is 1. The van der Waals surface area contributed by atoms with Gasteiger partial charge >= 0.3 is 0 Å². The van der Waals surface area contributed by atoms with Crippen molar-refractivity contribution in [3.8, 4) is 5.75 Å². The molecule has 0 saturated carbocycles. The molecular formula is C14H19N3O3. The Morgan fingerprint density at radius 3 is 2.85 bits per heavy atom. The molecule has 108 valence electrons. The molecule has 1 amide bonds. The number of piperidine rings is 1. The van der Waals surface area contributed by atoms with E-state index < -0.39 is 0 Å².